The fourth-order valence-corrected chi connectivity index (χ4v) is 1.99. The van der Waals surface area contributed by atoms with Crippen LogP contribution in [0.25, 0.3) is 0 Å². The molecule has 2 N–H and O–H groups in total. The third kappa shape index (κ3) is 2.18. The molecule has 0 aliphatic carbocycles. The lowest BCUT2D eigenvalue weighted by molar-refractivity contribution is 0.590. The summed E-state index contributed by atoms with van der Waals surface area (Å²) in [5.41, 5.74) is 0.275. The van der Waals surface area contributed by atoms with Gasteiger partial charge in [0.15, 0.2) is 0 Å². The summed E-state index contributed by atoms with van der Waals surface area (Å²) in [5, 5.41) is 4.73. The fraction of sp³-hybridized carbons (Fsp3) is 0.143. The molecule has 1 aromatic rings. The van der Waals surface area contributed by atoms with E-state index < -0.39 is 20.7 Å². The van der Waals surface area contributed by atoms with Crippen molar-refractivity contribution >= 4 is 21.6 Å². The summed E-state index contributed by atoms with van der Waals surface area (Å²) in [7, 11) is -3.94. The second-order valence-corrected chi connectivity index (χ2v) is 4.51. The van der Waals surface area contributed by atoms with Gasteiger partial charge >= 0.3 is 0 Å². The molecule has 0 atom stereocenters. The Labute approximate surface area is 80.4 Å². The highest BCUT2D eigenvalue weighted by molar-refractivity contribution is 7.89. The molecule has 72 valence electrons. The summed E-state index contributed by atoms with van der Waals surface area (Å²) >= 11 is 5.56. The van der Waals surface area contributed by atoms with E-state index in [1.807, 2.05) is 0 Å². The molecular weight excluding hydrogens is 217 g/mol. The number of rotatable bonds is 1. The van der Waals surface area contributed by atoms with Crippen molar-refractivity contribution in [3.63, 3.8) is 0 Å². The largest absolute Gasteiger partial charge is 0.239 e. The second-order valence-electron chi connectivity index (χ2n) is 2.58. The van der Waals surface area contributed by atoms with Gasteiger partial charge in [-0.2, -0.15) is 0 Å². The topological polar surface area (TPSA) is 60.2 Å². The minimum absolute atomic E-state index is 0.0681. The minimum atomic E-state index is -3.94. The Hall–Kier alpha value is -0.650. The quantitative estimate of drug-likeness (QED) is 0.783. The molecular formula is C7H7ClFNO2S. The standard InChI is InChI=1S/C7H7ClFNO2S/c1-4-2-5(8)7(3-6(4)9)13(10,11)12/h2-3H,1H3,(H2,10,11,12). The van der Waals surface area contributed by atoms with Crippen LogP contribution in [0, 0.1) is 12.7 Å². The van der Waals surface area contributed by atoms with Crippen LogP contribution in [-0.4, -0.2) is 8.42 Å². The van der Waals surface area contributed by atoms with E-state index in [-0.39, 0.29) is 10.6 Å². The van der Waals surface area contributed by atoms with Gasteiger partial charge in [-0.25, -0.2) is 17.9 Å². The van der Waals surface area contributed by atoms with Crippen molar-refractivity contribution in [3.8, 4) is 0 Å². The molecule has 3 nitrogen and oxygen atoms in total. The van der Waals surface area contributed by atoms with Crippen LogP contribution in [0.5, 0.6) is 0 Å². The number of halogens is 2. The molecule has 1 aromatic carbocycles. The molecule has 6 heteroatoms. The van der Waals surface area contributed by atoms with Crippen LogP contribution in [0.2, 0.25) is 5.02 Å². The average molecular weight is 224 g/mol. The van der Waals surface area contributed by atoms with Gasteiger partial charge in [0.2, 0.25) is 10.0 Å². The number of sulfonamides is 1. The van der Waals surface area contributed by atoms with Gasteiger partial charge < -0.3 is 0 Å². The van der Waals surface area contributed by atoms with E-state index in [0.717, 1.165) is 6.07 Å². The lowest BCUT2D eigenvalue weighted by Gasteiger charge is -2.03. The van der Waals surface area contributed by atoms with Gasteiger partial charge in [-0.15, -0.1) is 0 Å². The maximum Gasteiger partial charge on any atom is 0.239 e. The first-order valence-corrected chi connectivity index (χ1v) is 5.23. The molecule has 0 amide bonds. The Morgan fingerprint density at radius 3 is 2.46 bits per heavy atom. The highest BCUT2D eigenvalue weighted by Crippen LogP contribution is 2.23. The van der Waals surface area contributed by atoms with Crippen LogP contribution in [-0.2, 0) is 10.0 Å². The number of hydrogen-bond donors (Lipinski definition) is 1. The van der Waals surface area contributed by atoms with Crippen LogP contribution in [0.3, 0.4) is 0 Å². The van der Waals surface area contributed by atoms with E-state index in [1.54, 1.807) is 0 Å². The summed E-state index contributed by atoms with van der Waals surface area (Å²) in [5.74, 6) is -0.645. The molecule has 13 heavy (non-hydrogen) atoms. The van der Waals surface area contributed by atoms with E-state index >= 15 is 0 Å². The lowest BCUT2D eigenvalue weighted by atomic mass is 10.2. The Bertz CT molecular complexity index is 444. The zero-order valence-electron chi connectivity index (χ0n) is 6.71. The van der Waals surface area contributed by atoms with Crippen molar-refractivity contribution in [3.05, 3.63) is 28.5 Å². The summed E-state index contributed by atoms with van der Waals surface area (Å²) in [6, 6.07) is 2.03. The molecule has 0 unspecified atom stereocenters. The Morgan fingerprint density at radius 2 is 2.00 bits per heavy atom. The molecule has 0 aliphatic rings. The minimum Gasteiger partial charge on any atom is -0.225 e. The van der Waals surface area contributed by atoms with E-state index in [1.165, 1.54) is 13.0 Å². The van der Waals surface area contributed by atoms with Crippen molar-refractivity contribution < 1.29 is 12.8 Å². The molecule has 0 spiro atoms. The number of primary sulfonamides is 1. The predicted octanol–water partition coefficient (Wildman–Crippen LogP) is 1.43. The first kappa shape index (κ1) is 10.4. The monoisotopic (exact) mass is 223 g/mol. The number of aryl methyl sites for hydroxylation is 1. The van der Waals surface area contributed by atoms with E-state index in [2.05, 4.69) is 0 Å². The lowest BCUT2D eigenvalue weighted by Crippen LogP contribution is -2.13. The van der Waals surface area contributed by atoms with Gasteiger partial charge in [0.05, 0.1) is 5.02 Å². The number of benzene rings is 1. The highest BCUT2D eigenvalue weighted by atomic mass is 35.5. The molecule has 1 rings (SSSR count). The maximum atomic E-state index is 12.9. The average Bonchev–Trinajstić information content (AvgIpc) is 1.94. The Kier molecular flexibility index (Phi) is 2.61. The van der Waals surface area contributed by atoms with Gasteiger partial charge in [-0.1, -0.05) is 11.6 Å². The first-order chi connectivity index (χ1) is 5.82. The third-order valence-corrected chi connectivity index (χ3v) is 2.90. The van der Waals surface area contributed by atoms with Crippen LogP contribution in [0.15, 0.2) is 17.0 Å². The van der Waals surface area contributed by atoms with Gasteiger partial charge in [0.1, 0.15) is 10.7 Å². The van der Waals surface area contributed by atoms with Gasteiger partial charge in [0.25, 0.3) is 0 Å². The van der Waals surface area contributed by atoms with Crippen molar-refractivity contribution in [1.29, 1.82) is 0 Å². The second kappa shape index (κ2) is 3.25. The Morgan fingerprint density at radius 1 is 1.46 bits per heavy atom. The molecule has 0 fully saturated rings. The van der Waals surface area contributed by atoms with Crippen LogP contribution >= 0.6 is 11.6 Å². The zero-order valence-corrected chi connectivity index (χ0v) is 8.29. The molecule has 0 aliphatic heterocycles. The summed E-state index contributed by atoms with van der Waals surface area (Å²) in [6.45, 7) is 1.48. The smallest absolute Gasteiger partial charge is 0.225 e. The normalized spacial score (nSPS) is 11.7. The zero-order chi connectivity index (χ0) is 10.2. The van der Waals surface area contributed by atoms with Crippen molar-refractivity contribution in [2.75, 3.05) is 0 Å². The summed E-state index contributed by atoms with van der Waals surface area (Å²) < 4.78 is 34.6. The van der Waals surface area contributed by atoms with E-state index in [9.17, 15) is 12.8 Å². The molecule has 0 saturated heterocycles. The van der Waals surface area contributed by atoms with Crippen LogP contribution in [0.4, 0.5) is 4.39 Å². The van der Waals surface area contributed by atoms with E-state index in [4.69, 9.17) is 16.7 Å². The van der Waals surface area contributed by atoms with Crippen molar-refractivity contribution in [2.24, 2.45) is 5.14 Å². The SMILES string of the molecule is Cc1cc(Cl)c(S(N)(=O)=O)cc1F. The fourth-order valence-electron chi connectivity index (χ4n) is 0.846. The van der Waals surface area contributed by atoms with Gasteiger partial charge in [-0.05, 0) is 24.6 Å². The molecule has 0 radical (unpaired) electrons. The number of nitrogens with two attached hydrogens (primary N) is 1. The number of hydrogen-bond acceptors (Lipinski definition) is 2. The van der Waals surface area contributed by atoms with Crippen LogP contribution in [0.1, 0.15) is 5.56 Å². The third-order valence-electron chi connectivity index (χ3n) is 1.52. The summed E-state index contributed by atoms with van der Waals surface area (Å²) in [4.78, 5) is -0.391. The maximum absolute atomic E-state index is 12.9. The Balaban J connectivity index is 3.50. The predicted molar refractivity (Wildman–Crippen MR) is 47.5 cm³/mol. The van der Waals surface area contributed by atoms with Crippen LogP contribution < -0.4 is 5.14 Å². The highest BCUT2D eigenvalue weighted by Gasteiger charge is 2.15. The van der Waals surface area contributed by atoms with E-state index in [0.29, 0.717) is 0 Å². The summed E-state index contributed by atoms with van der Waals surface area (Å²) in [6.07, 6.45) is 0. The molecule has 0 heterocycles. The van der Waals surface area contributed by atoms with Crippen molar-refractivity contribution in [2.45, 2.75) is 11.8 Å². The van der Waals surface area contributed by atoms with Gasteiger partial charge in [0, 0.05) is 0 Å². The molecule has 0 aromatic heterocycles. The molecule has 0 bridgehead atoms. The molecule has 0 saturated carbocycles. The first-order valence-electron chi connectivity index (χ1n) is 3.31. The van der Waals surface area contributed by atoms with Gasteiger partial charge in [-0.3, -0.25) is 0 Å². The van der Waals surface area contributed by atoms with Crippen molar-refractivity contribution in [1.82, 2.24) is 0 Å².